The third kappa shape index (κ3) is 4.43. The van der Waals surface area contributed by atoms with Crippen LogP contribution in [0.15, 0.2) is 24.3 Å². The molecule has 1 aliphatic heterocycles. The molecule has 0 radical (unpaired) electrons. The van der Waals surface area contributed by atoms with Crippen LogP contribution in [-0.2, 0) is 9.53 Å². The monoisotopic (exact) mass is 431 g/mol. The number of anilines is 1. The fourth-order valence-corrected chi connectivity index (χ4v) is 4.20. The molecule has 0 bridgehead atoms. The highest BCUT2D eigenvalue weighted by Gasteiger charge is 2.62. The Morgan fingerprint density at radius 3 is 2.54 bits per heavy atom. The van der Waals surface area contributed by atoms with Crippen molar-refractivity contribution in [2.24, 2.45) is 11.1 Å². The minimum absolute atomic E-state index is 0. The summed E-state index contributed by atoms with van der Waals surface area (Å²) in [6.45, 7) is 10.9. The molecular weight excluding hydrogens is 397 g/mol. The minimum atomic E-state index is -0.881. The van der Waals surface area contributed by atoms with Gasteiger partial charge in [-0.15, -0.1) is 24.8 Å². The number of amides is 1. The van der Waals surface area contributed by atoms with E-state index < -0.39 is 5.54 Å². The normalized spacial score (nSPS) is 26.5. The van der Waals surface area contributed by atoms with Crippen LogP contribution in [0.4, 0.5) is 5.69 Å². The van der Waals surface area contributed by atoms with Gasteiger partial charge in [-0.2, -0.15) is 0 Å². The van der Waals surface area contributed by atoms with Crippen molar-refractivity contribution in [2.45, 2.75) is 64.6 Å². The van der Waals surface area contributed by atoms with E-state index in [9.17, 15) is 4.79 Å². The van der Waals surface area contributed by atoms with E-state index in [4.69, 9.17) is 10.5 Å². The molecule has 1 heterocycles. The number of nitrogens with one attached hydrogen (secondary N) is 1. The van der Waals surface area contributed by atoms with E-state index in [1.807, 2.05) is 27.7 Å². The van der Waals surface area contributed by atoms with Crippen molar-refractivity contribution in [3.05, 3.63) is 29.8 Å². The van der Waals surface area contributed by atoms with Crippen LogP contribution in [0.25, 0.3) is 0 Å². The molecule has 2 fully saturated rings. The van der Waals surface area contributed by atoms with Crippen LogP contribution in [0.5, 0.6) is 0 Å². The van der Waals surface area contributed by atoms with Gasteiger partial charge in [0.05, 0.1) is 12.1 Å². The quantitative estimate of drug-likeness (QED) is 0.717. The van der Waals surface area contributed by atoms with Gasteiger partial charge in [-0.3, -0.25) is 4.79 Å². The van der Waals surface area contributed by atoms with Gasteiger partial charge in [0, 0.05) is 37.2 Å². The van der Waals surface area contributed by atoms with E-state index in [2.05, 4.69) is 34.5 Å². The van der Waals surface area contributed by atoms with Gasteiger partial charge in [0.2, 0.25) is 5.91 Å². The first-order valence-electron chi connectivity index (χ1n) is 9.86. The topological polar surface area (TPSA) is 67.6 Å². The average Bonchev–Trinajstić information content (AvgIpc) is 3.16. The van der Waals surface area contributed by atoms with Crippen molar-refractivity contribution in [3.63, 3.8) is 0 Å². The number of hydrogen-bond acceptors (Lipinski definition) is 4. The molecule has 1 saturated heterocycles. The Morgan fingerprint density at radius 1 is 1.32 bits per heavy atom. The van der Waals surface area contributed by atoms with E-state index in [-0.39, 0.29) is 48.3 Å². The summed E-state index contributed by atoms with van der Waals surface area (Å²) >= 11 is 0. The van der Waals surface area contributed by atoms with E-state index in [1.165, 1.54) is 18.5 Å². The van der Waals surface area contributed by atoms with Gasteiger partial charge in [-0.05, 0) is 44.4 Å². The smallest absolute Gasteiger partial charge is 0.241 e. The lowest BCUT2D eigenvalue weighted by atomic mass is 9.54. The van der Waals surface area contributed by atoms with Crippen molar-refractivity contribution in [3.8, 4) is 0 Å². The lowest BCUT2D eigenvalue weighted by Gasteiger charge is -2.57. The molecule has 0 aromatic heterocycles. The van der Waals surface area contributed by atoms with E-state index in [0.717, 1.165) is 18.7 Å². The van der Waals surface area contributed by atoms with Gasteiger partial charge >= 0.3 is 0 Å². The molecule has 28 heavy (non-hydrogen) atoms. The molecule has 3 N–H and O–H groups in total. The first kappa shape index (κ1) is 25.0. The molecular formula is C21H35Cl2N3O2. The summed E-state index contributed by atoms with van der Waals surface area (Å²) in [5.41, 5.74) is 7.60. The first-order valence-corrected chi connectivity index (χ1v) is 9.86. The molecule has 3 rings (SSSR count). The Morgan fingerprint density at radius 2 is 1.96 bits per heavy atom. The molecule has 3 unspecified atom stereocenters. The van der Waals surface area contributed by atoms with Crippen LogP contribution in [-0.4, -0.2) is 37.2 Å². The number of nitrogens with two attached hydrogens (primary N) is 1. The predicted molar refractivity (Wildman–Crippen MR) is 120 cm³/mol. The number of rotatable bonds is 6. The molecule has 0 spiro atoms. The van der Waals surface area contributed by atoms with E-state index >= 15 is 0 Å². The van der Waals surface area contributed by atoms with Gasteiger partial charge < -0.3 is 20.7 Å². The molecule has 1 saturated carbocycles. The second-order valence-corrected chi connectivity index (χ2v) is 8.33. The Bertz CT molecular complexity index is 665. The number of hydrogen-bond donors (Lipinski definition) is 2. The van der Waals surface area contributed by atoms with Crippen LogP contribution in [0.1, 0.15) is 58.6 Å². The zero-order valence-electron chi connectivity index (χ0n) is 17.4. The molecule has 7 heteroatoms. The Labute approximate surface area is 181 Å². The highest BCUT2D eigenvalue weighted by atomic mass is 35.5. The summed E-state index contributed by atoms with van der Waals surface area (Å²) in [5, 5.41) is 3.14. The standard InChI is InChI=1S/C21H33N3O2.2ClH/c1-5-26-18-14-21(22,20(18,3)4)19(25)23-15(2)16-9-8-10-17(13-16)24-11-6-7-12-24;;/h8-10,13,15,18H,5-7,11-12,14,22H2,1-4H3,(H,23,25);2*1H. The molecule has 1 amide bonds. The van der Waals surface area contributed by atoms with Gasteiger partial charge in [-0.1, -0.05) is 26.0 Å². The predicted octanol–water partition coefficient (Wildman–Crippen LogP) is 3.84. The zero-order chi connectivity index (χ0) is 18.9. The lowest BCUT2D eigenvalue weighted by Crippen LogP contribution is -2.75. The summed E-state index contributed by atoms with van der Waals surface area (Å²) in [4.78, 5) is 15.3. The van der Waals surface area contributed by atoms with Crippen molar-refractivity contribution in [2.75, 3.05) is 24.6 Å². The maximum atomic E-state index is 12.9. The van der Waals surface area contributed by atoms with Gasteiger partial charge in [0.25, 0.3) is 0 Å². The fraction of sp³-hybridized carbons (Fsp3) is 0.667. The van der Waals surface area contributed by atoms with Gasteiger partial charge in [-0.25, -0.2) is 0 Å². The van der Waals surface area contributed by atoms with Crippen LogP contribution >= 0.6 is 24.8 Å². The second kappa shape index (κ2) is 9.66. The number of carbonyl (C=O) groups excluding carboxylic acids is 1. The maximum Gasteiger partial charge on any atom is 0.241 e. The summed E-state index contributed by atoms with van der Waals surface area (Å²) in [6, 6.07) is 8.40. The number of benzene rings is 1. The second-order valence-electron chi connectivity index (χ2n) is 8.33. The largest absolute Gasteiger partial charge is 0.378 e. The highest BCUT2D eigenvalue weighted by Crippen LogP contribution is 2.50. The van der Waals surface area contributed by atoms with Crippen molar-refractivity contribution < 1.29 is 9.53 Å². The lowest BCUT2D eigenvalue weighted by molar-refractivity contribution is -0.171. The van der Waals surface area contributed by atoms with E-state index in [1.54, 1.807) is 0 Å². The van der Waals surface area contributed by atoms with Crippen molar-refractivity contribution in [1.82, 2.24) is 5.32 Å². The number of nitrogens with zero attached hydrogens (tertiary/aromatic N) is 1. The summed E-state index contributed by atoms with van der Waals surface area (Å²) < 4.78 is 5.74. The third-order valence-corrected chi connectivity index (χ3v) is 6.42. The molecule has 1 aliphatic carbocycles. The highest BCUT2D eigenvalue weighted by molar-refractivity contribution is 5.89. The summed E-state index contributed by atoms with van der Waals surface area (Å²) in [7, 11) is 0. The molecule has 5 nitrogen and oxygen atoms in total. The first-order chi connectivity index (χ1) is 12.3. The zero-order valence-corrected chi connectivity index (χ0v) is 19.0. The van der Waals surface area contributed by atoms with Crippen LogP contribution in [0.3, 0.4) is 0 Å². The average molecular weight is 432 g/mol. The Hall–Kier alpha value is -1.01. The summed E-state index contributed by atoms with van der Waals surface area (Å²) in [6.07, 6.45) is 3.11. The third-order valence-electron chi connectivity index (χ3n) is 6.42. The number of carbonyl (C=O) groups is 1. The number of halogens is 2. The van der Waals surface area contributed by atoms with Crippen LogP contribution < -0.4 is 16.0 Å². The van der Waals surface area contributed by atoms with Crippen molar-refractivity contribution >= 4 is 36.4 Å². The molecule has 2 aliphatic rings. The molecule has 160 valence electrons. The number of ether oxygens (including phenoxy) is 1. The molecule has 3 atom stereocenters. The Balaban J connectivity index is 0.00000196. The minimum Gasteiger partial charge on any atom is -0.378 e. The maximum absolute atomic E-state index is 12.9. The van der Waals surface area contributed by atoms with Gasteiger partial charge in [0.1, 0.15) is 5.54 Å². The van der Waals surface area contributed by atoms with Crippen LogP contribution in [0, 0.1) is 5.41 Å². The summed E-state index contributed by atoms with van der Waals surface area (Å²) in [5.74, 6) is -0.0856. The van der Waals surface area contributed by atoms with E-state index in [0.29, 0.717) is 13.0 Å². The molecule has 1 aromatic carbocycles. The SMILES string of the molecule is CCOC1CC(N)(C(=O)NC(C)c2cccc(N3CCCC3)c2)C1(C)C.Cl.Cl. The van der Waals surface area contributed by atoms with Crippen LogP contribution in [0.2, 0.25) is 0 Å². The Kier molecular flexibility index (Phi) is 8.63. The fourth-order valence-electron chi connectivity index (χ4n) is 4.20. The van der Waals surface area contributed by atoms with Crippen molar-refractivity contribution in [1.29, 1.82) is 0 Å². The molecule has 1 aromatic rings. The van der Waals surface area contributed by atoms with Gasteiger partial charge in [0.15, 0.2) is 0 Å².